The van der Waals surface area contributed by atoms with Crippen LogP contribution in [0.4, 0.5) is 0 Å². The number of thioether (sulfide) groups is 1. The highest BCUT2D eigenvalue weighted by atomic mass is 35.5. The van der Waals surface area contributed by atoms with Crippen molar-refractivity contribution in [3.8, 4) is 0 Å². The Kier molecular flexibility index (Phi) is 7.24. The van der Waals surface area contributed by atoms with Crippen LogP contribution >= 0.6 is 23.4 Å². The Balaban J connectivity index is 1.73. The van der Waals surface area contributed by atoms with Gasteiger partial charge < -0.3 is 10.6 Å². The van der Waals surface area contributed by atoms with Crippen LogP contribution in [0.25, 0.3) is 0 Å². The van der Waals surface area contributed by atoms with E-state index in [1.165, 1.54) is 31.0 Å². The molecule has 2 rings (SSSR count). The van der Waals surface area contributed by atoms with Gasteiger partial charge in [-0.1, -0.05) is 43.0 Å². The molecule has 1 unspecified atom stereocenters. The second-order valence-corrected chi connectivity index (χ2v) is 7.60. The Bertz CT molecular complexity index is 547. The first-order valence-corrected chi connectivity index (χ1v) is 9.30. The number of benzene rings is 1. The first-order valence-electron chi connectivity index (χ1n) is 8.04. The Morgan fingerprint density at radius 1 is 1.26 bits per heavy atom. The summed E-state index contributed by atoms with van der Waals surface area (Å²) >= 11 is 7.48. The zero-order valence-corrected chi connectivity index (χ0v) is 14.9. The van der Waals surface area contributed by atoms with Crippen LogP contribution < -0.4 is 10.6 Å². The molecule has 1 fully saturated rings. The van der Waals surface area contributed by atoms with Gasteiger partial charge in [-0.3, -0.25) is 9.59 Å². The molecule has 126 valence electrons. The monoisotopic (exact) mass is 354 g/mol. The molecule has 1 atom stereocenters. The number of rotatable bonds is 6. The second-order valence-electron chi connectivity index (χ2n) is 5.81. The van der Waals surface area contributed by atoms with Crippen molar-refractivity contribution in [2.45, 2.75) is 55.2 Å². The summed E-state index contributed by atoms with van der Waals surface area (Å²) in [6.45, 7) is 1.84. The summed E-state index contributed by atoms with van der Waals surface area (Å²) in [4.78, 5) is 24.9. The van der Waals surface area contributed by atoms with E-state index in [0.717, 1.165) is 17.7 Å². The molecule has 0 aromatic heterocycles. The molecule has 2 N–H and O–H groups in total. The Hall–Kier alpha value is -1.20. The third-order valence-electron chi connectivity index (χ3n) is 3.90. The summed E-state index contributed by atoms with van der Waals surface area (Å²) in [5.41, 5.74) is 0. The van der Waals surface area contributed by atoms with Crippen LogP contribution in [-0.4, -0.2) is 29.7 Å². The van der Waals surface area contributed by atoms with Crippen molar-refractivity contribution < 1.29 is 9.59 Å². The number of amides is 2. The topological polar surface area (TPSA) is 58.2 Å². The van der Waals surface area contributed by atoms with E-state index in [9.17, 15) is 9.59 Å². The summed E-state index contributed by atoms with van der Waals surface area (Å²) in [5.74, 6) is -0.270. The van der Waals surface area contributed by atoms with E-state index in [1.54, 1.807) is 6.07 Å². The lowest BCUT2D eigenvalue weighted by atomic mass is 9.95. The number of hydrogen-bond donors (Lipinski definition) is 2. The van der Waals surface area contributed by atoms with Gasteiger partial charge in [0.1, 0.15) is 0 Å². The quantitative estimate of drug-likeness (QED) is 0.770. The van der Waals surface area contributed by atoms with Crippen molar-refractivity contribution >= 4 is 35.2 Å². The average molecular weight is 355 g/mol. The van der Waals surface area contributed by atoms with Crippen LogP contribution in [0.2, 0.25) is 5.02 Å². The van der Waals surface area contributed by atoms with Crippen LogP contribution in [0.5, 0.6) is 0 Å². The minimum atomic E-state index is -0.308. The lowest BCUT2D eigenvalue weighted by molar-refractivity contribution is -0.126. The zero-order chi connectivity index (χ0) is 16.7. The molecule has 1 aliphatic carbocycles. The molecule has 0 spiro atoms. The molecule has 0 saturated heterocycles. The number of carbonyl (C=O) groups is 2. The molecule has 1 aromatic carbocycles. The van der Waals surface area contributed by atoms with Crippen LogP contribution in [0.15, 0.2) is 29.2 Å². The fourth-order valence-electron chi connectivity index (χ4n) is 2.62. The summed E-state index contributed by atoms with van der Waals surface area (Å²) in [6.07, 6.45) is 5.67. The van der Waals surface area contributed by atoms with E-state index >= 15 is 0 Å². The molecule has 4 nitrogen and oxygen atoms in total. The van der Waals surface area contributed by atoms with Gasteiger partial charge in [-0.2, -0.15) is 0 Å². The molecule has 0 aliphatic heterocycles. The Labute approximate surface area is 146 Å². The number of halogens is 1. The van der Waals surface area contributed by atoms with E-state index in [0.29, 0.717) is 5.02 Å². The van der Waals surface area contributed by atoms with Gasteiger partial charge in [-0.25, -0.2) is 0 Å². The molecular weight excluding hydrogens is 332 g/mol. The fraction of sp³-hybridized carbons (Fsp3) is 0.529. The van der Waals surface area contributed by atoms with Crippen molar-refractivity contribution in [2.75, 3.05) is 6.54 Å². The highest BCUT2D eigenvalue weighted by Gasteiger charge is 2.18. The molecule has 2 amide bonds. The fourth-order valence-corrected chi connectivity index (χ4v) is 3.80. The smallest absolute Gasteiger partial charge is 0.239 e. The highest BCUT2D eigenvalue weighted by molar-refractivity contribution is 8.00. The third kappa shape index (κ3) is 6.07. The minimum Gasteiger partial charge on any atom is -0.352 e. The number of carbonyl (C=O) groups excluding carboxylic acids is 2. The van der Waals surface area contributed by atoms with E-state index in [4.69, 9.17) is 11.6 Å². The summed E-state index contributed by atoms with van der Waals surface area (Å²) in [6, 6.07) is 7.69. The van der Waals surface area contributed by atoms with Gasteiger partial charge in [0.05, 0.1) is 16.8 Å². The lowest BCUT2D eigenvalue weighted by Gasteiger charge is -2.23. The van der Waals surface area contributed by atoms with Crippen molar-refractivity contribution in [1.82, 2.24) is 10.6 Å². The lowest BCUT2D eigenvalue weighted by Crippen LogP contribution is -2.44. The largest absolute Gasteiger partial charge is 0.352 e. The summed E-state index contributed by atoms with van der Waals surface area (Å²) in [5, 5.41) is 6.01. The zero-order valence-electron chi connectivity index (χ0n) is 13.3. The molecule has 23 heavy (non-hydrogen) atoms. The average Bonchev–Trinajstić information content (AvgIpc) is 2.55. The van der Waals surface area contributed by atoms with Gasteiger partial charge in [0, 0.05) is 10.9 Å². The van der Waals surface area contributed by atoms with Crippen LogP contribution in [0, 0.1) is 0 Å². The number of nitrogens with one attached hydrogen (secondary N) is 2. The van der Waals surface area contributed by atoms with E-state index in [1.807, 2.05) is 25.1 Å². The normalized spacial score (nSPS) is 16.6. The van der Waals surface area contributed by atoms with E-state index < -0.39 is 0 Å². The Morgan fingerprint density at radius 2 is 1.96 bits per heavy atom. The first-order chi connectivity index (χ1) is 11.1. The predicted molar refractivity (Wildman–Crippen MR) is 94.8 cm³/mol. The van der Waals surface area contributed by atoms with Gasteiger partial charge in [0.15, 0.2) is 0 Å². The van der Waals surface area contributed by atoms with Crippen LogP contribution in [0.3, 0.4) is 0 Å². The molecule has 6 heteroatoms. The first kappa shape index (κ1) is 18.1. The minimum absolute atomic E-state index is 0.0305. The SMILES string of the molecule is CC(Sc1ccccc1Cl)C(=O)NCC(=O)NC1CCCCC1. The molecular formula is C17H23ClN2O2S. The standard InChI is InChI=1S/C17H23ClN2O2S/c1-12(23-15-10-6-5-9-14(15)18)17(22)19-11-16(21)20-13-7-3-2-4-8-13/h5-6,9-10,12-13H,2-4,7-8,11H2,1H3,(H,19,22)(H,20,21). The maximum absolute atomic E-state index is 12.1. The molecule has 1 saturated carbocycles. The summed E-state index contributed by atoms with van der Waals surface area (Å²) in [7, 11) is 0. The van der Waals surface area contributed by atoms with E-state index in [2.05, 4.69) is 10.6 Å². The van der Waals surface area contributed by atoms with Gasteiger partial charge in [0.2, 0.25) is 11.8 Å². The molecule has 1 aliphatic rings. The molecule has 0 heterocycles. The predicted octanol–water partition coefficient (Wildman–Crippen LogP) is 3.39. The maximum Gasteiger partial charge on any atom is 0.239 e. The Morgan fingerprint density at radius 3 is 2.65 bits per heavy atom. The van der Waals surface area contributed by atoms with E-state index in [-0.39, 0.29) is 29.7 Å². The molecule has 0 bridgehead atoms. The maximum atomic E-state index is 12.1. The van der Waals surface area contributed by atoms with Crippen molar-refractivity contribution in [3.63, 3.8) is 0 Å². The van der Waals surface area contributed by atoms with Gasteiger partial charge in [0.25, 0.3) is 0 Å². The van der Waals surface area contributed by atoms with Gasteiger partial charge in [-0.05, 0) is 31.9 Å². The van der Waals surface area contributed by atoms with Gasteiger partial charge >= 0.3 is 0 Å². The van der Waals surface area contributed by atoms with Crippen molar-refractivity contribution in [2.24, 2.45) is 0 Å². The second kappa shape index (κ2) is 9.18. The van der Waals surface area contributed by atoms with Gasteiger partial charge in [-0.15, -0.1) is 11.8 Å². The van der Waals surface area contributed by atoms with Crippen molar-refractivity contribution in [1.29, 1.82) is 0 Å². The van der Waals surface area contributed by atoms with Crippen LogP contribution in [-0.2, 0) is 9.59 Å². The van der Waals surface area contributed by atoms with Crippen LogP contribution in [0.1, 0.15) is 39.0 Å². The summed E-state index contributed by atoms with van der Waals surface area (Å²) < 4.78 is 0. The highest BCUT2D eigenvalue weighted by Crippen LogP contribution is 2.29. The third-order valence-corrected chi connectivity index (χ3v) is 5.52. The number of hydrogen-bond acceptors (Lipinski definition) is 3. The van der Waals surface area contributed by atoms with Crippen molar-refractivity contribution in [3.05, 3.63) is 29.3 Å². The molecule has 0 radical (unpaired) electrons. The molecule has 1 aromatic rings.